The van der Waals surface area contributed by atoms with Crippen LogP contribution in [0.4, 0.5) is 0 Å². The van der Waals surface area contributed by atoms with Crippen molar-refractivity contribution in [3.63, 3.8) is 0 Å². The number of hydrogen-bond donors (Lipinski definition) is 1. The van der Waals surface area contributed by atoms with E-state index in [1.54, 1.807) is 13.0 Å². The summed E-state index contributed by atoms with van der Waals surface area (Å²) in [7, 11) is -3.53. The number of sulfonamides is 1. The first-order valence-electron chi connectivity index (χ1n) is 5.00. The van der Waals surface area contributed by atoms with E-state index >= 15 is 0 Å². The Kier molecular flexibility index (Phi) is 3.38. The fraction of sp³-hybridized carbons (Fsp3) is 0.889. The van der Waals surface area contributed by atoms with Crippen molar-refractivity contribution in [3.05, 3.63) is 0 Å². The van der Waals surface area contributed by atoms with E-state index in [4.69, 9.17) is 5.26 Å². The molecule has 1 fully saturated rings. The molecular weight excluding hydrogens is 216 g/mol. The summed E-state index contributed by atoms with van der Waals surface area (Å²) in [5.41, 5.74) is -0.888. The summed E-state index contributed by atoms with van der Waals surface area (Å²) in [5.74, 6) is 0. The first-order valence-corrected chi connectivity index (χ1v) is 6.51. The SMILES string of the molecule is CCC(C#N)S(=O)(=O)N1CC(O)(CC)C1. The molecule has 1 heterocycles. The fourth-order valence-corrected chi connectivity index (χ4v) is 3.32. The van der Waals surface area contributed by atoms with Crippen molar-refractivity contribution in [1.29, 1.82) is 5.26 Å². The Morgan fingerprint density at radius 3 is 2.40 bits per heavy atom. The topological polar surface area (TPSA) is 81.4 Å². The summed E-state index contributed by atoms with van der Waals surface area (Å²) in [6.07, 6.45) is 0.808. The third-order valence-corrected chi connectivity index (χ3v) is 4.97. The first-order chi connectivity index (χ1) is 6.89. The van der Waals surface area contributed by atoms with Gasteiger partial charge < -0.3 is 5.11 Å². The fourth-order valence-electron chi connectivity index (χ4n) is 1.56. The Hall–Kier alpha value is -0.640. The Labute approximate surface area is 90.4 Å². The van der Waals surface area contributed by atoms with Crippen molar-refractivity contribution >= 4 is 10.0 Å². The van der Waals surface area contributed by atoms with Gasteiger partial charge in [-0.3, -0.25) is 0 Å². The molecule has 1 atom stereocenters. The molecule has 0 aromatic heterocycles. The van der Waals surface area contributed by atoms with Crippen molar-refractivity contribution in [1.82, 2.24) is 4.31 Å². The van der Waals surface area contributed by atoms with Crippen LogP contribution in [0.3, 0.4) is 0 Å². The molecule has 0 bridgehead atoms. The Balaban J connectivity index is 2.73. The van der Waals surface area contributed by atoms with Crippen LogP contribution < -0.4 is 0 Å². The van der Waals surface area contributed by atoms with E-state index in [2.05, 4.69) is 0 Å². The molecule has 1 saturated heterocycles. The second kappa shape index (κ2) is 4.08. The minimum Gasteiger partial charge on any atom is -0.387 e. The van der Waals surface area contributed by atoms with Crippen LogP contribution in [0, 0.1) is 11.3 Å². The lowest BCUT2D eigenvalue weighted by molar-refractivity contribution is -0.0615. The monoisotopic (exact) mass is 232 g/mol. The van der Waals surface area contributed by atoms with Gasteiger partial charge in [0.25, 0.3) is 0 Å². The van der Waals surface area contributed by atoms with Gasteiger partial charge in [-0.25, -0.2) is 8.42 Å². The summed E-state index contributed by atoms with van der Waals surface area (Å²) < 4.78 is 24.7. The summed E-state index contributed by atoms with van der Waals surface area (Å²) >= 11 is 0. The minimum absolute atomic E-state index is 0.115. The molecule has 1 rings (SSSR count). The lowest BCUT2D eigenvalue weighted by atomic mass is 9.94. The molecule has 1 N–H and O–H groups in total. The van der Waals surface area contributed by atoms with Crippen LogP contribution in [0.5, 0.6) is 0 Å². The average molecular weight is 232 g/mol. The molecule has 0 aromatic carbocycles. The number of β-amino-alcohol motifs (C(OH)–C–C–N with tert-alkyl or cyclic N) is 1. The van der Waals surface area contributed by atoms with Crippen LogP contribution in [-0.4, -0.2) is 41.8 Å². The Morgan fingerprint density at radius 1 is 1.53 bits per heavy atom. The highest BCUT2D eigenvalue weighted by Gasteiger charge is 2.47. The number of hydrogen-bond acceptors (Lipinski definition) is 4. The second-order valence-electron chi connectivity index (χ2n) is 3.92. The van der Waals surface area contributed by atoms with Crippen LogP contribution in [0.1, 0.15) is 26.7 Å². The zero-order chi connectivity index (χ0) is 11.7. The molecule has 0 spiro atoms. The lowest BCUT2D eigenvalue weighted by Gasteiger charge is -2.45. The van der Waals surface area contributed by atoms with Crippen LogP contribution in [0.25, 0.3) is 0 Å². The van der Waals surface area contributed by atoms with E-state index in [0.29, 0.717) is 6.42 Å². The van der Waals surface area contributed by atoms with Gasteiger partial charge >= 0.3 is 0 Å². The molecule has 1 unspecified atom stereocenters. The van der Waals surface area contributed by atoms with Crippen LogP contribution >= 0.6 is 0 Å². The maximum Gasteiger partial charge on any atom is 0.230 e. The maximum absolute atomic E-state index is 11.8. The average Bonchev–Trinajstić information content (AvgIpc) is 2.14. The zero-order valence-electron chi connectivity index (χ0n) is 8.97. The maximum atomic E-state index is 11.8. The molecule has 86 valence electrons. The van der Waals surface area contributed by atoms with Gasteiger partial charge in [0, 0.05) is 13.1 Å². The lowest BCUT2D eigenvalue weighted by Crippen LogP contribution is -2.64. The molecule has 0 saturated carbocycles. The van der Waals surface area contributed by atoms with Crippen LogP contribution in [0.2, 0.25) is 0 Å². The molecule has 6 heteroatoms. The first kappa shape index (κ1) is 12.4. The Morgan fingerprint density at radius 2 is 2.07 bits per heavy atom. The molecule has 1 aliphatic rings. The minimum atomic E-state index is -3.53. The quantitative estimate of drug-likeness (QED) is 0.744. The van der Waals surface area contributed by atoms with Gasteiger partial charge in [0.2, 0.25) is 10.0 Å². The van der Waals surface area contributed by atoms with E-state index in [9.17, 15) is 13.5 Å². The van der Waals surface area contributed by atoms with Crippen molar-refractivity contribution in [2.75, 3.05) is 13.1 Å². The molecule has 0 aromatic rings. The van der Waals surface area contributed by atoms with Crippen LogP contribution in [-0.2, 0) is 10.0 Å². The second-order valence-corrected chi connectivity index (χ2v) is 6.03. The number of rotatable bonds is 4. The molecule has 0 aliphatic carbocycles. The standard InChI is InChI=1S/C9H16N2O3S/c1-3-8(5-10)15(13,14)11-6-9(12,4-2)7-11/h8,12H,3-4,6-7H2,1-2H3. The predicted molar refractivity (Wildman–Crippen MR) is 55.4 cm³/mol. The van der Waals surface area contributed by atoms with E-state index < -0.39 is 20.9 Å². The summed E-state index contributed by atoms with van der Waals surface area (Å²) in [5, 5.41) is 17.4. The smallest absolute Gasteiger partial charge is 0.230 e. The van der Waals surface area contributed by atoms with Gasteiger partial charge in [-0.15, -0.1) is 0 Å². The third kappa shape index (κ3) is 2.14. The summed E-state index contributed by atoms with van der Waals surface area (Å²) in [4.78, 5) is 0. The molecular formula is C9H16N2O3S. The summed E-state index contributed by atoms with van der Waals surface area (Å²) in [6.45, 7) is 3.71. The molecule has 5 nitrogen and oxygen atoms in total. The van der Waals surface area contributed by atoms with Gasteiger partial charge in [0.15, 0.2) is 5.25 Å². The number of nitrogens with zero attached hydrogens (tertiary/aromatic N) is 2. The van der Waals surface area contributed by atoms with Crippen molar-refractivity contribution < 1.29 is 13.5 Å². The summed E-state index contributed by atoms with van der Waals surface area (Å²) in [6, 6.07) is 1.78. The molecule has 0 radical (unpaired) electrons. The molecule has 0 amide bonds. The van der Waals surface area contributed by atoms with E-state index in [-0.39, 0.29) is 19.5 Å². The third-order valence-electron chi connectivity index (χ3n) is 2.83. The largest absolute Gasteiger partial charge is 0.387 e. The van der Waals surface area contributed by atoms with Gasteiger partial charge in [-0.05, 0) is 12.8 Å². The van der Waals surface area contributed by atoms with Gasteiger partial charge in [-0.1, -0.05) is 13.8 Å². The van der Waals surface area contributed by atoms with Crippen molar-refractivity contribution in [3.8, 4) is 6.07 Å². The normalized spacial score (nSPS) is 22.8. The Bertz CT molecular complexity index is 365. The van der Waals surface area contributed by atoms with Gasteiger partial charge in [0.1, 0.15) is 0 Å². The van der Waals surface area contributed by atoms with E-state index in [0.717, 1.165) is 0 Å². The van der Waals surface area contributed by atoms with Gasteiger partial charge in [0.05, 0.1) is 11.7 Å². The molecule has 1 aliphatic heterocycles. The highest BCUT2D eigenvalue weighted by Crippen LogP contribution is 2.28. The zero-order valence-corrected chi connectivity index (χ0v) is 9.79. The van der Waals surface area contributed by atoms with Crippen LogP contribution in [0.15, 0.2) is 0 Å². The highest BCUT2D eigenvalue weighted by molar-refractivity contribution is 7.90. The highest BCUT2D eigenvalue weighted by atomic mass is 32.2. The number of aliphatic hydroxyl groups is 1. The van der Waals surface area contributed by atoms with Crippen molar-refractivity contribution in [2.24, 2.45) is 0 Å². The number of nitriles is 1. The molecule has 15 heavy (non-hydrogen) atoms. The predicted octanol–water partition coefficient (Wildman–Crippen LogP) is 0.0751. The van der Waals surface area contributed by atoms with E-state index in [1.165, 1.54) is 4.31 Å². The van der Waals surface area contributed by atoms with E-state index in [1.807, 2.05) is 6.92 Å². The van der Waals surface area contributed by atoms with Crippen molar-refractivity contribution in [2.45, 2.75) is 37.5 Å². The van der Waals surface area contributed by atoms with Gasteiger partial charge in [-0.2, -0.15) is 9.57 Å².